The molecule has 1 aliphatic rings. The molecule has 2 heterocycles. The third kappa shape index (κ3) is 4.65. The topological polar surface area (TPSA) is 93.5 Å². The van der Waals surface area contributed by atoms with Gasteiger partial charge < -0.3 is 25.0 Å². The lowest BCUT2D eigenvalue weighted by Gasteiger charge is -2.33. The van der Waals surface area contributed by atoms with Crippen LogP contribution < -0.4 is 20.1 Å². The Labute approximate surface area is 165 Å². The summed E-state index contributed by atoms with van der Waals surface area (Å²) in [7, 11) is 5.09. The molecule has 3 rings (SSSR count). The first-order valence-corrected chi connectivity index (χ1v) is 9.39. The van der Waals surface area contributed by atoms with Crippen LogP contribution in [0.15, 0.2) is 24.5 Å². The number of methoxy groups -OCH3 is 2. The summed E-state index contributed by atoms with van der Waals surface area (Å²) in [5.41, 5.74) is 0.954. The number of aryl methyl sites for hydroxylation is 1. The number of benzene rings is 1. The van der Waals surface area contributed by atoms with Gasteiger partial charge in [-0.1, -0.05) is 0 Å². The molecule has 0 spiro atoms. The Morgan fingerprint density at radius 3 is 2.36 bits per heavy atom. The first-order valence-electron chi connectivity index (χ1n) is 9.39. The highest BCUT2D eigenvalue weighted by Crippen LogP contribution is 2.27. The molecule has 152 valence electrons. The van der Waals surface area contributed by atoms with Gasteiger partial charge in [0.25, 0.3) is 0 Å². The van der Waals surface area contributed by atoms with Gasteiger partial charge in [0.1, 0.15) is 23.7 Å². The molecule has 2 aromatic rings. The van der Waals surface area contributed by atoms with Gasteiger partial charge in [-0.05, 0) is 19.8 Å². The van der Waals surface area contributed by atoms with Crippen LogP contribution in [0.1, 0.15) is 31.6 Å². The number of hydrogen-bond donors (Lipinski definition) is 2. The largest absolute Gasteiger partial charge is 0.497 e. The molecule has 0 aliphatic carbocycles. The van der Waals surface area contributed by atoms with E-state index in [9.17, 15) is 4.79 Å². The van der Waals surface area contributed by atoms with Crippen LogP contribution in [-0.2, 0) is 7.05 Å². The molecule has 1 aromatic heterocycles. The van der Waals surface area contributed by atoms with Crippen LogP contribution in [0.4, 0.5) is 10.5 Å². The molecule has 2 N–H and O–H groups in total. The van der Waals surface area contributed by atoms with Crippen molar-refractivity contribution in [3.63, 3.8) is 0 Å². The highest BCUT2D eigenvalue weighted by molar-refractivity contribution is 5.74. The summed E-state index contributed by atoms with van der Waals surface area (Å²) in [6.07, 6.45) is 3.22. The molecule has 1 fully saturated rings. The molecular weight excluding hydrogens is 360 g/mol. The van der Waals surface area contributed by atoms with Gasteiger partial charge >= 0.3 is 6.03 Å². The molecule has 1 saturated heterocycles. The molecule has 28 heavy (non-hydrogen) atoms. The third-order valence-electron chi connectivity index (χ3n) is 4.98. The lowest BCUT2D eigenvalue weighted by Crippen LogP contribution is -2.47. The molecule has 0 radical (unpaired) electrons. The molecule has 2 amide bonds. The zero-order valence-corrected chi connectivity index (χ0v) is 16.8. The number of anilines is 1. The molecule has 1 aromatic carbocycles. The number of rotatable bonds is 6. The van der Waals surface area contributed by atoms with E-state index in [4.69, 9.17) is 9.47 Å². The summed E-state index contributed by atoms with van der Waals surface area (Å²) in [4.78, 5) is 18.6. The Morgan fingerprint density at radius 2 is 1.82 bits per heavy atom. The summed E-state index contributed by atoms with van der Waals surface area (Å²) in [6, 6.07) is 5.76. The standard InChI is InChI=1S/C19H28N6O3/c1-13(18-20-12-21-24(18)2)22-19(26)25-7-5-14(6-8-25)23-15-9-16(27-3)11-17(10-15)28-4/h9-14,23H,5-8H2,1-4H3,(H,22,26). The maximum Gasteiger partial charge on any atom is 0.317 e. The number of urea groups is 1. The van der Waals surface area contributed by atoms with Gasteiger partial charge in [0.2, 0.25) is 0 Å². The maximum atomic E-state index is 12.6. The van der Waals surface area contributed by atoms with E-state index in [0.29, 0.717) is 13.1 Å². The van der Waals surface area contributed by atoms with Crippen molar-refractivity contribution in [2.24, 2.45) is 7.05 Å². The smallest absolute Gasteiger partial charge is 0.317 e. The van der Waals surface area contributed by atoms with E-state index in [1.165, 1.54) is 6.33 Å². The Bertz CT molecular complexity index is 778. The fourth-order valence-corrected chi connectivity index (χ4v) is 3.39. The van der Waals surface area contributed by atoms with Gasteiger partial charge in [-0.3, -0.25) is 4.68 Å². The fraction of sp³-hybridized carbons (Fsp3) is 0.526. The second-order valence-electron chi connectivity index (χ2n) is 6.92. The lowest BCUT2D eigenvalue weighted by atomic mass is 10.0. The molecule has 9 heteroatoms. The normalized spacial score (nSPS) is 15.8. The minimum Gasteiger partial charge on any atom is -0.497 e. The maximum absolute atomic E-state index is 12.6. The molecule has 0 saturated carbocycles. The van der Waals surface area contributed by atoms with Crippen LogP contribution in [-0.4, -0.2) is 59.0 Å². The van der Waals surface area contributed by atoms with E-state index in [-0.39, 0.29) is 18.1 Å². The minimum atomic E-state index is -0.194. The number of carbonyl (C=O) groups is 1. The van der Waals surface area contributed by atoms with Gasteiger partial charge in [0.15, 0.2) is 0 Å². The number of nitrogens with one attached hydrogen (secondary N) is 2. The quantitative estimate of drug-likeness (QED) is 0.788. The fourth-order valence-electron chi connectivity index (χ4n) is 3.39. The monoisotopic (exact) mass is 388 g/mol. The Morgan fingerprint density at radius 1 is 1.18 bits per heavy atom. The number of carbonyl (C=O) groups excluding carboxylic acids is 1. The number of aromatic nitrogens is 3. The first kappa shape index (κ1) is 19.8. The number of piperidine rings is 1. The van der Waals surface area contributed by atoms with Crippen molar-refractivity contribution in [3.05, 3.63) is 30.4 Å². The predicted molar refractivity (Wildman–Crippen MR) is 106 cm³/mol. The van der Waals surface area contributed by atoms with Gasteiger partial charge in [0, 0.05) is 50.1 Å². The van der Waals surface area contributed by atoms with Crippen molar-refractivity contribution in [2.75, 3.05) is 32.6 Å². The van der Waals surface area contributed by atoms with Crippen LogP contribution in [0.25, 0.3) is 0 Å². The first-order chi connectivity index (χ1) is 13.5. The van der Waals surface area contributed by atoms with Crippen molar-refractivity contribution < 1.29 is 14.3 Å². The van der Waals surface area contributed by atoms with E-state index >= 15 is 0 Å². The molecule has 1 atom stereocenters. The third-order valence-corrected chi connectivity index (χ3v) is 4.98. The highest BCUT2D eigenvalue weighted by Gasteiger charge is 2.24. The molecular formula is C19H28N6O3. The van der Waals surface area contributed by atoms with Crippen LogP contribution in [0, 0.1) is 0 Å². The minimum absolute atomic E-state index is 0.0722. The SMILES string of the molecule is COc1cc(NC2CCN(C(=O)NC(C)c3ncnn3C)CC2)cc(OC)c1. The van der Waals surface area contributed by atoms with E-state index in [2.05, 4.69) is 20.7 Å². The van der Waals surface area contributed by atoms with Crippen LogP contribution in [0.3, 0.4) is 0 Å². The Kier molecular flexibility index (Phi) is 6.23. The second-order valence-corrected chi connectivity index (χ2v) is 6.92. The van der Waals surface area contributed by atoms with Crippen molar-refractivity contribution in [3.8, 4) is 11.5 Å². The number of likely N-dealkylation sites (tertiary alicyclic amines) is 1. The number of ether oxygens (including phenoxy) is 2. The van der Waals surface area contributed by atoms with E-state index in [0.717, 1.165) is 35.9 Å². The summed E-state index contributed by atoms with van der Waals surface area (Å²) in [5, 5.41) is 10.6. The molecule has 9 nitrogen and oxygen atoms in total. The number of amides is 2. The second kappa shape index (κ2) is 8.81. The number of nitrogens with zero attached hydrogens (tertiary/aromatic N) is 4. The van der Waals surface area contributed by atoms with Crippen molar-refractivity contribution in [1.82, 2.24) is 25.0 Å². The Hall–Kier alpha value is -2.97. The average molecular weight is 388 g/mol. The van der Waals surface area contributed by atoms with Crippen molar-refractivity contribution in [1.29, 1.82) is 0 Å². The van der Waals surface area contributed by atoms with E-state index in [1.54, 1.807) is 18.9 Å². The van der Waals surface area contributed by atoms with Crippen molar-refractivity contribution >= 4 is 11.7 Å². The molecule has 1 aliphatic heterocycles. The van der Waals surface area contributed by atoms with E-state index < -0.39 is 0 Å². The average Bonchev–Trinajstić information content (AvgIpc) is 3.14. The van der Waals surface area contributed by atoms with Crippen LogP contribution in [0.2, 0.25) is 0 Å². The highest BCUT2D eigenvalue weighted by atomic mass is 16.5. The van der Waals surface area contributed by atoms with Gasteiger partial charge in [-0.15, -0.1) is 0 Å². The number of hydrogen-bond acceptors (Lipinski definition) is 6. The summed E-state index contributed by atoms with van der Waals surface area (Å²) in [5.74, 6) is 2.23. The van der Waals surface area contributed by atoms with E-state index in [1.807, 2.05) is 37.1 Å². The molecule has 0 bridgehead atoms. The van der Waals surface area contributed by atoms with Gasteiger partial charge in [-0.2, -0.15) is 5.10 Å². The van der Waals surface area contributed by atoms with Crippen LogP contribution in [0.5, 0.6) is 11.5 Å². The zero-order valence-electron chi connectivity index (χ0n) is 16.8. The van der Waals surface area contributed by atoms with Crippen molar-refractivity contribution in [2.45, 2.75) is 31.8 Å². The van der Waals surface area contributed by atoms with Gasteiger partial charge in [-0.25, -0.2) is 9.78 Å². The molecule has 1 unspecified atom stereocenters. The predicted octanol–water partition coefficient (Wildman–Crippen LogP) is 2.18. The summed E-state index contributed by atoms with van der Waals surface area (Å²) >= 11 is 0. The van der Waals surface area contributed by atoms with Crippen LogP contribution >= 0.6 is 0 Å². The Balaban J connectivity index is 1.51. The zero-order chi connectivity index (χ0) is 20.1. The summed E-state index contributed by atoms with van der Waals surface area (Å²) in [6.45, 7) is 3.29. The summed E-state index contributed by atoms with van der Waals surface area (Å²) < 4.78 is 12.3. The lowest BCUT2D eigenvalue weighted by molar-refractivity contribution is 0.180. The van der Waals surface area contributed by atoms with Gasteiger partial charge in [0.05, 0.1) is 20.3 Å².